The topological polar surface area (TPSA) is 99.0 Å². The Bertz CT molecular complexity index is 1080. The fourth-order valence-electron chi connectivity index (χ4n) is 3.86. The van der Waals surface area contributed by atoms with Crippen molar-refractivity contribution in [2.45, 2.75) is 13.5 Å². The number of ether oxygens (including phenoxy) is 1. The highest BCUT2D eigenvalue weighted by atomic mass is 16.5. The number of phenols is 1. The van der Waals surface area contributed by atoms with Gasteiger partial charge in [-0.2, -0.15) is 0 Å². The van der Waals surface area contributed by atoms with E-state index in [1.54, 1.807) is 18.2 Å². The first-order valence-corrected chi connectivity index (χ1v) is 10.6. The van der Waals surface area contributed by atoms with Crippen LogP contribution in [0.2, 0.25) is 0 Å². The third-order valence-corrected chi connectivity index (χ3v) is 5.43. The van der Waals surface area contributed by atoms with Crippen molar-refractivity contribution in [3.05, 3.63) is 65.9 Å². The van der Waals surface area contributed by atoms with Gasteiger partial charge in [-0.15, -0.1) is 10.2 Å². The molecule has 0 bridgehead atoms. The number of piperazine rings is 1. The third kappa shape index (κ3) is 5.15. The summed E-state index contributed by atoms with van der Waals surface area (Å²) < 4.78 is 5.78. The normalized spacial score (nSPS) is 14.3. The van der Waals surface area contributed by atoms with Crippen molar-refractivity contribution < 1.29 is 19.7 Å². The van der Waals surface area contributed by atoms with Gasteiger partial charge in [-0.3, -0.25) is 4.90 Å². The number of carbonyl (C=O) groups is 1. The van der Waals surface area contributed by atoms with Crippen molar-refractivity contribution in [3.63, 3.8) is 0 Å². The molecule has 0 aliphatic carbocycles. The summed E-state index contributed by atoms with van der Waals surface area (Å²) in [7, 11) is 0. The van der Waals surface area contributed by atoms with Gasteiger partial charge in [0.05, 0.1) is 6.61 Å². The van der Waals surface area contributed by atoms with Crippen LogP contribution in [0.5, 0.6) is 11.5 Å². The third-order valence-electron chi connectivity index (χ3n) is 5.43. The van der Waals surface area contributed by atoms with Gasteiger partial charge in [0, 0.05) is 32.7 Å². The van der Waals surface area contributed by atoms with Crippen LogP contribution in [-0.4, -0.2) is 64.1 Å². The van der Waals surface area contributed by atoms with Crippen molar-refractivity contribution in [1.82, 2.24) is 15.1 Å². The second-order valence-electron chi connectivity index (χ2n) is 7.69. The van der Waals surface area contributed by atoms with Crippen LogP contribution in [0.25, 0.3) is 11.1 Å². The van der Waals surface area contributed by atoms with Crippen molar-refractivity contribution in [3.8, 4) is 22.6 Å². The number of aromatic nitrogens is 2. The number of rotatable bonds is 7. The van der Waals surface area contributed by atoms with Crippen LogP contribution in [-0.2, 0) is 6.54 Å². The number of anilines is 1. The number of aromatic hydroxyl groups is 1. The van der Waals surface area contributed by atoms with E-state index in [0.717, 1.165) is 55.2 Å². The minimum absolute atomic E-state index is 0.0518. The monoisotopic (exact) mass is 434 g/mol. The van der Waals surface area contributed by atoms with Gasteiger partial charge in [-0.05, 0) is 66.1 Å². The quantitative estimate of drug-likeness (QED) is 0.585. The van der Waals surface area contributed by atoms with Crippen LogP contribution in [0.3, 0.4) is 0 Å². The molecule has 32 heavy (non-hydrogen) atoms. The summed E-state index contributed by atoms with van der Waals surface area (Å²) >= 11 is 0. The molecule has 0 spiro atoms. The van der Waals surface area contributed by atoms with Crippen LogP contribution < -0.4 is 9.64 Å². The van der Waals surface area contributed by atoms with Gasteiger partial charge in [0.1, 0.15) is 11.5 Å². The summed E-state index contributed by atoms with van der Waals surface area (Å²) in [5.74, 6) is 0.671. The molecule has 1 aliphatic rings. The Morgan fingerprint density at radius 3 is 2.47 bits per heavy atom. The maximum Gasteiger partial charge on any atom is 0.356 e. The maximum atomic E-state index is 11.0. The molecule has 0 unspecified atom stereocenters. The Kier molecular flexibility index (Phi) is 6.51. The number of hydrogen-bond acceptors (Lipinski definition) is 7. The summed E-state index contributed by atoms with van der Waals surface area (Å²) in [5.41, 5.74) is 3.05. The van der Waals surface area contributed by atoms with E-state index in [4.69, 9.17) is 9.84 Å². The predicted molar refractivity (Wildman–Crippen MR) is 121 cm³/mol. The molecule has 8 heteroatoms. The van der Waals surface area contributed by atoms with Crippen LogP contribution >= 0.6 is 0 Å². The number of aromatic carboxylic acids is 1. The van der Waals surface area contributed by atoms with Gasteiger partial charge in [0.15, 0.2) is 11.5 Å². The average Bonchev–Trinajstić information content (AvgIpc) is 2.80. The molecular weight excluding hydrogens is 408 g/mol. The smallest absolute Gasteiger partial charge is 0.356 e. The SMILES string of the molecule is CCOc1cc(CN2CCN(c3ccc(C(=O)O)nn3)CC2)cc(-c2cccc(O)c2)c1. The lowest BCUT2D eigenvalue weighted by Gasteiger charge is -2.35. The number of carboxylic acid groups (broad SMARTS) is 1. The van der Waals surface area contributed by atoms with Crippen molar-refractivity contribution >= 4 is 11.8 Å². The van der Waals surface area contributed by atoms with Crippen LogP contribution in [0.1, 0.15) is 23.0 Å². The second-order valence-corrected chi connectivity index (χ2v) is 7.69. The average molecular weight is 434 g/mol. The van der Waals surface area contributed by atoms with E-state index in [1.807, 2.05) is 25.1 Å². The highest BCUT2D eigenvalue weighted by Crippen LogP contribution is 2.29. The first kappa shape index (κ1) is 21.6. The van der Waals surface area contributed by atoms with E-state index in [9.17, 15) is 9.90 Å². The summed E-state index contributed by atoms with van der Waals surface area (Å²) in [6.07, 6.45) is 0. The van der Waals surface area contributed by atoms with Crippen molar-refractivity contribution in [2.24, 2.45) is 0 Å². The standard InChI is InChI=1S/C24H26N4O4/c1-2-32-21-13-17(12-19(15-21)18-4-3-5-20(29)14-18)16-27-8-10-28(11-9-27)23-7-6-22(24(30)31)25-26-23/h3-7,12-15,29H,2,8-11,16H2,1H3,(H,30,31). The molecule has 8 nitrogen and oxygen atoms in total. The molecule has 0 radical (unpaired) electrons. The van der Waals surface area contributed by atoms with Gasteiger partial charge in [0.25, 0.3) is 0 Å². The Hall–Kier alpha value is -3.65. The number of nitrogens with zero attached hydrogens (tertiary/aromatic N) is 4. The van der Waals surface area contributed by atoms with Gasteiger partial charge < -0.3 is 19.8 Å². The lowest BCUT2D eigenvalue weighted by atomic mass is 10.0. The molecule has 1 saturated heterocycles. The number of benzene rings is 2. The molecule has 2 aromatic carbocycles. The van der Waals surface area contributed by atoms with Gasteiger partial charge >= 0.3 is 5.97 Å². The molecule has 1 fully saturated rings. The fraction of sp³-hybridized carbons (Fsp3) is 0.292. The van der Waals surface area contributed by atoms with E-state index in [2.05, 4.69) is 32.1 Å². The largest absolute Gasteiger partial charge is 0.508 e. The Labute approximate surface area is 186 Å². The van der Waals surface area contributed by atoms with Crippen molar-refractivity contribution in [2.75, 3.05) is 37.7 Å². The van der Waals surface area contributed by atoms with E-state index >= 15 is 0 Å². The fourth-order valence-corrected chi connectivity index (χ4v) is 3.86. The number of phenolic OH excluding ortho intramolecular Hbond substituents is 1. The minimum atomic E-state index is -1.08. The highest BCUT2D eigenvalue weighted by molar-refractivity contribution is 5.85. The summed E-state index contributed by atoms with van der Waals surface area (Å²) in [4.78, 5) is 15.4. The minimum Gasteiger partial charge on any atom is -0.508 e. The second kappa shape index (κ2) is 9.65. The van der Waals surface area contributed by atoms with Gasteiger partial charge in [-0.1, -0.05) is 12.1 Å². The molecule has 3 aromatic rings. The van der Waals surface area contributed by atoms with Crippen LogP contribution in [0, 0.1) is 0 Å². The number of carboxylic acids is 1. The zero-order chi connectivity index (χ0) is 22.5. The molecule has 0 saturated carbocycles. The van der Waals surface area contributed by atoms with Crippen molar-refractivity contribution in [1.29, 1.82) is 0 Å². The van der Waals surface area contributed by atoms with E-state index in [0.29, 0.717) is 12.4 Å². The lowest BCUT2D eigenvalue weighted by molar-refractivity contribution is 0.0689. The number of hydrogen-bond donors (Lipinski definition) is 2. The molecule has 0 atom stereocenters. The summed E-state index contributed by atoms with van der Waals surface area (Å²) in [6.45, 7) is 6.60. The first-order valence-electron chi connectivity index (χ1n) is 10.6. The first-order chi connectivity index (χ1) is 15.5. The van der Waals surface area contributed by atoms with E-state index in [-0.39, 0.29) is 11.4 Å². The molecular formula is C24H26N4O4. The molecule has 1 aromatic heterocycles. The highest BCUT2D eigenvalue weighted by Gasteiger charge is 2.19. The lowest BCUT2D eigenvalue weighted by Crippen LogP contribution is -2.46. The van der Waals surface area contributed by atoms with Gasteiger partial charge in [-0.25, -0.2) is 4.79 Å². The zero-order valence-corrected chi connectivity index (χ0v) is 17.9. The van der Waals surface area contributed by atoms with E-state index < -0.39 is 5.97 Å². The summed E-state index contributed by atoms with van der Waals surface area (Å²) in [6, 6.07) is 16.6. The molecule has 166 valence electrons. The predicted octanol–water partition coefficient (Wildman–Crippen LogP) is 3.27. The Morgan fingerprint density at radius 2 is 1.81 bits per heavy atom. The zero-order valence-electron chi connectivity index (χ0n) is 17.9. The molecule has 4 rings (SSSR count). The van der Waals surface area contributed by atoms with Crippen LogP contribution in [0.4, 0.5) is 5.82 Å². The Balaban J connectivity index is 1.44. The molecule has 0 amide bonds. The Morgan fingerprint density at radius 1 is 1.00 bits per heavy atom. The summed E-state index contributed by atoms with van der Waals surface area (Å²) in [5, 5.41) is 26.7. The van der Waals surface area contributed by atoms with Gasteiger partial charge in [0.2, 0.25) is 0 Å². The molecule has 2 heterocycles. The van der Waals surface area contributed by atoms with Crippen LogP contribution in [0.15, 0.2) is 54.6 Å². The maximum absolute atomic E-state index is 11.0. The molecule has 1 aliphatic heterocycles. The van der Waals surface area contributed by atoms with E-state index in [1.165, 1.54) is 6.07 Å². The molecule has 2 N–H and O–H groups in total.